The van der Waals surface area contributed by atoms with E-state index in [-0.39, 0.29) is 25.0 Å². The van der Waals surface area contributed by atoms with Gasteiger partial charge in [-0.15, -0.1) is 11.3 Å². The molecule has 2 aromatic carbocycles. The van der Waals surface area contributed by atoms with Crippen LogP contribution in [0.5, 0.6) is 0 Å². The fraction of sp³-hybridized carbons (Fsp3) is 0.227. The highest BCUT2D eigenvalue weighted by atomic mass is 35.5. The molecule has 0 fully saturated rings. The zero-order valence-electron chi connectivity index (χ0n) is 15.7. The largest absolute Gasteiger partial charge is 0.481 e. The van der Waals surface area contributed by atoms with Crippen LogP contribution in [0.1, 0.15) is 24.6 Å². The molecule has 1 heterocycles. The van der Waals surface area contributed by atoms with Crippen LogP contribution < -0.4 is 0 Å². The summed E-state index contributed by atoms with van der Waals surface area (Å²) in [5, 5.41) is 13.2. The number of hydrogen-bond acceptors (Lipinski definition) is 4. The van der Waals surface area contributed by atoms with Crippen molar-refractivity contribution in [3.63, 3.8) is 0 Å². The molecule has 0 bridgehead atoms. The molecule has 29 heavy (non-hydrogen) atoms. The van der Waals surface area contributed by atoms with Gasteiger partial charge in [0.2, 0.25) is 0 Å². The Hall–Kier alpha value is -2.21. The Balaban J connectivity index is 1.71. The number of carboxylic acids is 1. The predicted molar refractivity (Wildman–Crippen MR) is 117 cm³/mol. The Morgan fingerprint density at radius 3 is 2.52 bits per heavy atom. The number of nitrogens with zero attached hydrogens (tertiary/aromatic N) is 1. The summed E-state index contributed by atoms with van der Waals surface area (Å²) in [6.07, 6.45) is 0.308. The van der Waals surface area contributed by atoms with Crippen LogP contribution in [0, 0.1) is 5.41 Å². The standard InChI is InChI=1S/C22H19Cl2NO3S/c1-22(21(27)28,11-14-5-3-2-4-6-14)12-17(26)10-16-13-29-20(25-16)18-8-7-15(23)9-19(18)24/h2-9,13H,10-12H2,1H3,(H,27,28). The van der Waals surface area contributed by atoms with E-state index >= 15 is 0 Å². The predicted octanol–water partition coefficient (Wildman–Crippen LogP) is 5.95. The van der Waals surface area contributed by atoms with Crippen molar-refractivity contribution in [3.8, 4) is 10.6 Å². The number of halogens is 2. The smallest absolute Gasteiger partial charge is 0.310 e. The van der Waals surface area contributed by atoms with Gasteiger partial charge >= 0.3 is 5.97 Å². The van der Waals surface area contributed by atoms with Crippen molar-refractivity contribution in [2.24, 2.45) is 5.41 Å². The van der Waals surface area contributed by atoms with Gasteiger partial charge in [0.15, 0.2) is 0 Å². The number of carboxylic acid groups (broad SMARTS) is 1. The van der Waals surface area contributed by atoms with Crippen molar-refractivity contribution in [2.75, 3.05) is 0 Å². The fourth-order valence-electron chi connectivity index (χ4n) is 3.13. The zero-order valence-corrected chi connectivity index (χ0v) is 18.0. The van der Waals surface area contributed by atoms with Gasteiger partial charge in [-0.3, -0.25) is 9.59 Å². The zero-order chi connectivity index (χ0) is 21.0. The highest BCUT2D eigenvalue weighted by molar-refractivity contribution is 7.13. The number of Topliss-reactive ketones (excluding diaryl/α,β-unsaturated/α-hetero) is 1. The van der Waals surface area contributed by atoms with E-state index in [9.17, 15) is 14.7 Å². The van der Waals surface area contributed by atoms with Gasteiger partial charge in [0.1, 0.15) is 10.8 Å². The van der Waals surface area contributed by atoms with E-state index in [0.29, 0.717) is 20.7 Å². The van der Waals surface area contributed by atoms with Crippen LogP contribution in [0.25, 0.3) is 10.6 Å². The third-order valence-electron chi connectivity index (χ3n) is 4.63. The van der Waals surface area contributed by atoms with E-state index < -0.39 is 11.4 Å². The van der Waals surface area contributed by atoms with E-state index in [1.807, 2.05) is 30.3 Å². The average Bonchev–Trinajstić information content (AvgIpc) is 3.10. The quantitative estimate of drug-likeness (QED) is 0.462. The van der Waals surface area contributed by atoms with Gasteiger partial charge in [0.25, 0.3) is 0 Å². The van der Waals surface area contributed by atoms with Crippen molar-refractivity contribution >= 4 is 46.3 Å². The van der Waals surface area contributed by atoms with Crippen LogP contribution in [-0.2, 0) is 22.4 Å². The summed E-state index contributed by atoms with van der Waals surface area (Å²) >= 11 is 13.5. The Morgan fingerprint density at radius 1 is 1.14 bits per heavy atom. The maximum Gasteiger partial charge on any atom is 0.310 e. The summed E-state index contributed by atoms with van der Waals surface area (Å²) in [6.45, 7) is 1.61. The first-order chi connectivity index (χ1) is 13.8. The lowest BCUT2D eigenvalue weighted by Crippen LogP contribution is -2.33. The lowest BCUT2D eigenvalue weighted by Gasteiger charge is -2.24. The van der Waals surface area contributed by atoms with Crippen LogP contribution >= 0.6 is 34.5 Å². The molecular weight excluding hydrogens is 429 g/mol. The third-order valence-corrected chi connectivity index (χ3v) is 6.10. The van der Waals surface area contributed by atoms with Gasteiger partial charge in [-0.2, -0.15) is 0 Å². The molecule has 150 valence electrons. The second-order valence-corrected chi connectivity index (χ2v) is 8.89. The molecule has 4 nitrogen and oxygen atoms in total. The molecule has 0 saturated carbocycles. The summed E-state index contributed by atoms with van der Waals surface area (Å²) in [5.41, 5.74) is 1.07. The fourth-order valence-corrected chi connectivity index (χ4v) is 4.55. The van der Waals surface area contributed by atoms with Crippen LogP contribution in [0.4, 0.5) is 0 Å². The molecule has 0 spiro atoms. The number of aromatic nitrogens is 1. The van der Waals surface area contributed by atoms with Crippen LogP contribution in [-0.4, -0.2) is 21.8 Å². The number of benzene rings is 2. The highest BCUT2D eigenvalue weighted by Gasteiger charge is 2.35. The Bertz CT molecular complexity index is 1040. The molecule has 0 aliphatic carbocycles. The first-order valence-electron chi connectivity index (χ1n) is 8.96. The van der Waals surface area contributed by atoms with Gasteiger partial charge in [0, 0.05) is 28.8 Å². The second-order valence-electron chi connectivity index (χ2n) is 7.19. The van der Waals surface area contributed by atoms with Gasteiger partial charge < -0.3 is 5.11 Å². The Labute approximate surface area is 183 Å². The summed E-state index contributed by atoms with van der Waals surface area (Å²) in [4.78, 5) is 29.0. The average molecular weight is 448 g/mol. The van der Waals surface area contributed by atoms with E-state index in [4.69, 9.17) is 23.2 Å². The van der Waals surface area contributed by atoms with Crippen molar-refractivity contribution < 1.29 is 14.7 Å². The summed E-state index contributed by atoms with van der Waals surface area (Å²) < 4.78 is 0. The molecule has 1 unspecified atom stereocenters. The van der Waals surface area contributed by atoms with E-state index in [1.54, 1.807) is 30.5 Å². The SMILES string of the molecule is CC(CC(=O)Cc1csc(-c2ccc(Cl)cc2Cl)n1)(Cc1ccccc1)C(=O)O. The van der Waals surface area contributed by atoms with Crippen molar-refractivity contribution in [1.29, 1.82) is 0 Å². The molecule has 1 atom stereocenters. The summed E-state index contributed by atoms with van der Waals surface area (Å²) in [5.74, 6) is -1.15. The first-order valence-corrected chi connectivity index (χ1v) is 10.6. The lowest BCUT2D eigenvalue weighted by atomic mass is 9.79. The van der Waals surface area contributed by atoms with Crippen LogP contribution in [0.2, 0.25) is 10.0 Å². The van der Waals surface area contributed by atoms with Gasteiger partial charge in [-0.1, -0.05) is 53.5 Å². The minimum atomic E-state index is -1.17. The van der Waals surface area contributed by atoms with E-state index in [2.05, 4.69) is 4.98 Å². The summed E-state index contributed by atoms with van der Waals surface area (Å²) in [6, 6.07) is 14.5. The second kappa shape index (κ2) is 9.08. The minimum Gasteiger partial charge on any atom is -0.481 e. The highest BCUT2D eigenvalue weighted by Crippen LogP contribution is 2.33. The van der Waals surface area contributed by atoms with E-state index in [0.717, 1.165) is 11.1 Å². The van der Waals surface area contributed by atoms with Crippen molar-refractivity contribution in [1.82, 2.24) is 4.98 Å². The Kier molecular flexibility index (Phi) is 6.73. The maximum atomic E-state index is 12.6. The topological polar surface area (TPSA) is 67.3 Å². The molecule has 3 aromatic rings. The number of carbonyl (C=O) groups is 2. The molecule has 1 aromatic heterocycles. The van der Waals surface area contributed by atoms with Gasteiger partial charge in [-0.05, 0) is 37.1 Å². The molecule has 0 aliphatic heterocycles. The third kappa shape index (κ3) is 5.44. The molecule has 0 radical (unpaired) electrons. The lowest BCUT2D eigenvalue weighted by molar-refractivity contribution is -0.150. The molecule has 0 aliphatic rings. The molecule has 0 amide bonds. The van der Waals surface area contributed by atoms with Crippen LogP contribution in [0.3, 0.4) is 0 Å². The normalized spacial score (nSPS) is 13.1. The Morgan fingerprint density at radius 2 is 1.86 bits per heavy atom. The molecule has 0 saturated heterocycles. The number of rotatable bonds is 8. The first kappa shape index (κ1) is 21.5. The monoisotopic (exact) mass is 447 g/mol. The van der Waals surface area contributed by atoms with Gasteiger partial charge in [0.05, 0.1) is 16.1 Å². The number of hydrogen-bond donors (Lipinski definition) is 1. The molecule has 7 heteroatoms. The number of thiazole rings is 1. The van der Waals surface area contributed by atoms with Crippen molar-refractivity contribution in [2.45, 2.75) is 26.2 Å². The number of ketones is 1. The van der Waals surface area contributed by atoms with Gasteiger partial charge in [-0.25, -0.2) is 4.98 Å². The number of aliphatic carboxylic acids is 1. The maximum absolute atomic E-state index is 12.6. The minimum absolute atomic E-state index is 0.0637. The van der Waals surface area contributed by atoms with Crippen LogP contribution in [0.15, 0.2) is 53.9 Å². The number of carbonyl (C=O) groups excluding carboxylic acids is 1. The van der Waals surface area contributed by atoms with E-state index in [1.165, 1.54) is 11.3 Å². The molecule has 3 rings (SSSR count). The van der Waals surface area contributed by atoms with Crippen molar-refractivity contribution in [3.05, 3.63) is 75.2 Å². The molecule has 1 N–H and O–H groups in total. The molecular formula is C22H19Cl2NO3S. The summed E-state index contributed by atoms with van der Waals surface area (Å²) in [7, 11) is 0.